The SMILES string of the molecule is CCCc1c(OCCCOc2cc(O)c(-c3ccccc3)cc2CC)cccc1Oc1cccc(F)c1C(=O)O.[NaH].[NaH]. The van der Waals surface area contributed by atoms with E-state index in [1.807, 2.05) is 56.3 Å². The first kappa shape index (κ1) is 35.7. The Kier molecular flexibility index (Phi) is 14.9. The maximum atomic E-state index is 14.1. The molecule has 0 aromatic heterocycles. The zero-order chi connectivity index (χ0) is 28.5. The Hall–Kier alpha value is -2.52. The fraction of sp³-hybridized carbons (Fsp3) is 0.242. The van der Waals surface area contributed by atoms with Gasteiger partial charge in [0, 0.05) is 23.6 Å². The van der Waals surface area contributed by atoms with Crippen LogP contribution in [0.15, 0.2) is 78.9 Å². The van der Waals surface area contributed by atoms with Crippen LogP contribution in [0.1, 0.15) is 48.2 Å². The second-order valence-corrected chi connectivity index (χ2v) is 9.25. The molecule has 9 heteroatoms. The summed E-state index contributed by atoms with van der Waals surface area (Å²) in [6.07, 6.45) is 2.78. The molecule has 0 saturated heterocycles. The van der Waals surface area contributed by atoms with Gasteiger partial charge in [0.1, 0.15) is 40.1 Å². The molecule has 4 aromatic carbocycles. The van der Waals surface area contributed by atoms with E-state index in [1.54, 1.807) is 18.2 Å². The van der Waals surface area contributed by atoms with Gasteiger partial charge in [-0.05, 0) is 54.3 Å². The van der Waals surface area contributed by atoms with Crippen molar-refractivity contribution in [3.05, 3.63) is 101 Å². The number of hydrogen-bond donors (Lipinski definition) is 2. The van der Waals surface area contributed by atoms with Gasteiger partial charge in [-0.2, -0.15) is 0 Å². The Bertz CT molecular complexity index is 1460. The molecule has 0 atom stereocenters. The Labute approximate surface area is 290 Å². The molecule has 0 aliphatic carbocycles. The van der Waals surface area contributed by atoms with E-state index < -0.39 is 17.3 Å². The van der Waals surface area contributed by atoms with E-state index in [2.05, 4.69) is 0 Å². The molecule has 0 radical (unpaired) electrons. The maximum absolute atomic E-state index is 14.1. The van der Waals surface area contributed by atoms with E-state index in [4.69, 9.17) is 14.2 Å². The minimum absolute atomic E-state index is 0. The first-order chi connectivity index (χ1) is 19.4. The molecule has 212 valence electrons. The summed E-state index contributed by atoms with van der Waals surface area (Å²) in [6.45, 7) is 4.82. The number of aromatic hydroxyl groups is 1. The number of hydrogen-bond acceptors (Lipinski definition) is 5. The van der Waals surface area contributed by atoms with Crippen molar-refractivity contribution in [3.8, 4) is 39.9 Å². The van der Waals surface area contributed by atoms with Crippen molar-refractivity contribution < 1.29 is 33.6 Å². The van der Waals surface area contributed by atoms with Gasteiger partial charge in [0.05, 0.1) is 13.2 Å². The average molecular weight is 593 g/mol. The van der Waals surface area contributed by atoms with Crippen molar-refractivity contribution >= 4 is 65.1 Å². The number of benzene rings is 4. The number of aromatic carboxylic acids is 1. The molecule has 2 N–H and O–H groups in total. The number of phenols is 1. The van der Waals surface area contributed by atoms with Crippen LogP contribution < -0.4 is 14.2 Å². The Morgan fingerprint density at radius 1 is 0.810 bits per heavy atom. The average Bonchev–Trinajstić information content (AvgIpc) is 2.95. The number of rotatable bonds is 13. The van der Waals surface area contributed by atoms with Crippen molar-refractivity contribution in [2.24, 2.45) is 0 Å². The van der Waals surface area contributed by atoms with Gasteiger partial charge in [-0.15, -0.1) is 0 Å². The Morgan fingerprint density at radius 3 is 2.12 bits per heavy atom. The number of carboxylic acids is 1. The fourth-order valence-electron chi connectivity index (χ4n) is 4.48. The minimum atomic E-state index is -1.40. The molecule has 0 aliphatic heterocycles. The molecule has 0 unspecified atom stereocenters. The number of carbonyl (C=O) groups is 1. The summed E-state index contributed by atoms with van der Waals surface area (Å²) in [5.74, 6) is -0.470. The van der Waals surface area contributed by atoms with Gasteiger partial charge in [-0.1, -0.05) is 62.7 Å². The van der Waals surface area contributed by atoms with Crippen LogP contribution in [0.5, 0.6) is 28.7 Å². The van der Waals surface area contributed by atoms with E-state index in [0.717, 1.165) is 41.2 Å². The van der Waals surface area contributed by atoms with Crippen molar-refractivity contribution in [1.29, 1.82) is 0 Å². The molecule has 0 heterocycles. The Morgan fingerprint density at radius 2 is 1.45 bits per heavy atom. The number of carboxylic acid groups (broad SMARTS) is 1. The summed E-state index contributed by atoms with van der Waals surface area (Å²) < 4.78 is 32.1. The van der Waals surface area contributed by atoms with Gasteiger partial charge in [-0.3, -0.25) is 0 Å². The molecular weight excluding hydrogens is 557 g/mol. The summed E-state index contributed by atoms with van der Waals surface area (Å²) in [7, 11) is 0. The predicted octanol–water partition coefficient (Wildman–Crippen LogP) is 6.75. The van der Waals surface area contributed by atoms with E-state index in [1.165, 1.54) is 12.1 Å². The fourth-order valence-corrected chi connectivity index (χ4v) is 4.48. The molecule has 0 bridgehead atoms. The van der Waals surface area contributed by atoms with E-state index in [9.17, 15) is 19.4 Å². The van der Waals surface area contributed by atoms with Gasteiger partial charge >= 0.3 is 65.1 Å². The number of ether oxygens (including phenoxy) is 3. The van der Waals surface area contributed by atoms with Crippen LogP contribution >= 0.6 is 0 Å². The van der Waals surface area contributed by atoms with Crippen LogP contribution in [0.2, 0.25) is 0 Å². The first-order valence-corrected chi connectivity index (χ1v) is 13.4. The summed E-state index contributed by atoms with van der Waals surface area (Å²) in [5, 5.41) is 20.1. The predicted molar refractivity (Wildman–Crippen MR) is 167 cm³/mol. The van der Waals surface area contributed by atoms with Gasteiger partial charge in [0.2, 0.25) is 0 Å². The molecule has 0 spiro atoms. The quantitative estimate of drug-likeness (QED) is 0.132. The van der Waals surface area contributed by atoms with E-state index in [-0.39, 0.29) is 70.6 Å². The van der Waals surface area contributed by atoms with Gasteiger partial charge in [0.25, 0.3) is 0 Å². The number of aryl methyl sites for hydroxylation is 1. The summed E-state index contributed by atoms with van der Waals surface area (Å²) in [6, 6.07) is 22.6. The van der Waals surface area contributed by atoms with Crippen molar-refractivity contribution in [2.75, 3.05) is 13.2 Å². The van der Waals surface area contributed by atoms with Crippen LogP contribution in [-0.2, 0) is 12.8 Å². The van der Waals surface area contributed by atoms with E-state index >= 15 is 0 Å². The molecule has 4 rings (SSSR count). The zero-order valence-corrected chi connectivity index (χ0v) is 22.7. The summed E-state index contributed by atoms with van der Waals surface area (Å²) >= 11 is 0. The van der Waals surface area contributed by atoms with Crippen molar-refractivity contribution in [3.63, 3.8) is 0 Å². The third kappa shape index (κ3) is 8.99. The topological polar surface area (TPSA) is 85.2 Å². The van der Waals surface area contributed by atoms with Crippen LogP contribution in [0, 0.1) is 5.82 Å². The van der Waals surface area contributed by atoms with Crippen LogP contribution in [0.4, 0.5) is 4.39 Å². The third-order valence-corrected chi connectivity index (χ3v) is 6.45. The van der Waals surface area contributed by atoms with Crippen molar-refractivity contribution in [2.45, 2.75) is 39.5 Å². The Balaban J connectivity index is 0.00000308. The zero-order valence-electron chi connectivity index (χ0n) is 22.7. The molecule has 4 aromatic rings. The van der Waals surface area contributed by atoms with E-state index in [0.29, 0.717) is 43.3 Å². The van der Waals surface area contributed by atoms with Crippen LogP contribution in [-0.4, -0.2) is 88.5 Å². The second kappa shape index (κ2) is 17.6. The van der Waals surface area contributed by atoms with Crippen LogP contribution in [0.25, 0.3) is 11.1 Å². The summed E-state index contributed by atoms with van der Waals surface area (Å²) in [5.41, 5.74) is 2.99. The monoisotopic (exact) mass is 592 g/mol. The standard InChI is InChI=1S/C33H33FO6.2Na.2H/c1-3-11-24-28(15-9-16-29(24)40-30-17-8-14-26(34)32(30)33(36)37)38-18-10-19-39-31-21-27(35)25(20-22(31)4-2)23-12-6-5-7-13-23;;;;/h5-9,12-17,20-21,35H,3-4,10-11,18-19H2,1-2H3,(H,36,37);;;;. The molecule has 42 heavy (non-hydrogen) atoms. The molecule has 0 aliphatic rings. The molecule has 0 amide bonds. The molecule has 6 nitrogen and oxygen atoms in total. The number of phenolic OH excluding ortho intramolecular Hbond substituents is 1. The normalized spacial score (nSPS) is 10.3. The molecule has 0 saturated carbocycles. The molecular formula is C33H35FNa2O6. The van der Waals surface area contributed by atoms with Gasteiger partial charge < -0.3 is 24.4 Å². The first-order valence-electron chi connectivity index (χ1n) is 13.4. The second-order valence-electron chi connectivity index (χ2n) is 9.25. The van der Waals surface area contributed by atoms with Crippen LogP contribution in [0.3, 0.4) is 0 Å². The molecule has 0 fully saturated rings. The van der Waals surface area contributed by atoms with Crippen molar-refractivity contribution in [1.82, 2.24) is 0 Å². The summed E-state index contributed by atoms with van der Waals surface area (Å²) in [4.78, 5) is 11.6. The number of halogens is 1. The van der Waals surface area contributed by atoms with Gasteiger partial charge in [0.15, 0.2) is 0 Å². The van der Waals surface area contributed by atoms with Gasteiger partial charge in [-0.25, -0.2) is 9.18 Å². The third-order valence-electron chi connectivity index (χ3n) is 6.45.